The summed E-state index contributed by atoms with van der Waals surface area (Å²) in [4.78, 5) is 0. The van der Waals surface area contributed by atoms with E-state index >= 15 is 0 Å². The highest BCUT2D eigenvalue weighted by Crippen LogP contribution is 2.36. The van der Waals surface area contributed by atoms with E-state index < -0.39 is 0 Å². The van der Waals surface area contributed by atoms with E-state index in [0.29, 0.717) is 0 Å². The van der Waals surface area contributed by atoms with Gasteiger partial charge >= 0.3 is 0 Å². The minimum Gasteiger partial charge on any atom is -0.0625 e. The second-order valence-corrected chi connectivity index (χ2v) is 6.94. The fourth-order valence-corrected chi connectivity index (χ4v) is 3.11. The Labute approximate surface area is 106 Å². The maximum absolute atomic E-state index is 2.36. The van der Waals surface area contributed by atoms with Gasteiger partial charge in [0, 0.05) is 0 Å². The van der Waals surface area contributed by atoms with Crippen LogP contribution < -0.4 is 0 Å². The topological polar surface area (TPSA) is 0 Å². The average Bonchev–Trinajstić information content (AvgIpc) is 2.26. The van der Waals surface area contributed by atoms with Gasteiger partial charge in [0.15, 0.2) is 0 Å². The van der Waals surface area contributed by atoms with Crippen LogP contribution in [0.15, 0.2) is 18.2 Å². The molecule has 0 heterocycles. The van der Waals surface area contributed by atoms with Crippen molar-refractivity contribution in [1.29, 1.82) is 0 Å². The molecular weight excluding hydrogens is 204 g/mol. The molecule has 0 spiro atoms. The zero-order valence-corrected chi connectivity index (χ0v) is 12.0. The minimum absolute atomic E-state index is 0.288. The van der Waals surface area contributed by atoms with E-state index in [9.17, 15) is 0 Å². The Morgan fingerprint density at radius 1 is 1.18 bits per heavy atom. The quantitative estimate of drug-likeness (QED) is 0.653. The molecule has 0 saturated carbocycles. The molecule has 0 fully saturated rings. The zero-order valence-electron chi connectivity index (χ0n) is 12.0. The molecule has 1 atom stereocenters. The van der Waals surface area contributed by atoms with Crippen LogP contribution in [0.25, 0.3) is 0 Å². The summed E-state index contributed by atoms with van der Waals surface area (Å²) < 4.78 is 0. The van der Waals surface area contributed by atoms with E-state index in [1.54, 1.807) is 16.7 Å². The summed E-state index contributed by atoms with van der Waals surface area (Å²) in [5.41, 5.74) is 5.12. The third kappa shape index (κ3) is 2.56. The molecule has 0 radical (unpaired) electrons. The number of benzene rings is 1. The Kier molecular flexibility index (Phi) is 3.34. The molecule has 0 saturated heterocycles. The van der Waals surface area contributed by atoms with Crippen molar-refractivity contribution < 1.29 is 0 Å². The van der Waals surface area contributed by atoms with Crippen molar-refractivity contribution >= 4 is 0 Å². The van der Waals surface area contributed by atoms with E-state index in [2.05, 4.69) is 52.8 Å². The molecule has 0 amide bonds. The summed E-state index contributed by atoms with van der Waals surface area (Å²) in [5.74, 6) is 1.71. The molecule has 0 N–H and O–H groups in total. The maximum atomic E-state index is 2.36. The van der Waals surface area contributed by atoms with Gasteiger partial charge in [0.1, 0.15) is 0 Å². The Bertz CT molecular complexity index is 393. The fraction of sp³-hybridized carbons (Fsp3) is 0.647. The average molecular weight is 230 g/mol. The molecule has 0 aromatic heterocycles. The normalized spacial score (nSPS) is 20.5. The number of rotatable bonds is 1. The van der Waals surface area contributed by atoms with Gasteiger partial charge in [-0.1, -0.05) is 52.8 Å². The Morgan fingerprint density at radius 2 is 1.88 bits per heavy atom. The van der Waals surface area contributed by atoms with Crippen molar-refractivity contribution in [1.82, 2.24) is 0 Å². The Morgan fingerprint density at radius 3 is 2.47 bits per heavy atom. The van der Waals surface area contributed by atoms with Gasteiger partial charge in [-0.05, 0) is 53.2 Å². The van der Waals surface area contributed by atoms with Crippen molar-refractivity contribution in [2.75, 3.05) is 0 Å². The smallest absolute Gasteiger partial charge is 0.0129 e. The first-order chi connectivity index (χ1) is 7.89. The SMILES string of the molecule is CC(C)C1CCc2c(cccc2C(C)(C)C)C1. The predicted octanol–water partition coefficient (Wildman–Crippen LogP) is 4.75. The molecule has 17 heavy (non-hydrogen) atoms. The van der Waals surface area contributed by atoms with Crippen molar-refractivity contribution in [2.24, 2.45) is 11.8 Å². The zero-order chi connectivity index (χ0) is 12.6. The summed E-state index contributed by atoms with van der Waals surface area (Å²) in [6.07, 6.45) is 3.94. The van der Waals surface area contributed by atoms with E-state index in [1.807, 2.05) is 0 Å². The lowest BCUT2D eigenvalue weighted by atomic mass is 9.73. The van der Waals surface area contributed by atoms with Gasteiger partial charge in [0.25, 0.3) is 0 Å². The summed E-state index contributed by atoms with van der Waals surface area (Å²) in [5, 5.41) is 0. The first kappa shape index (κ1) is 12.7. The maximum Gasteiger partial charge on any atom is -0.0129 e. The van der Waals surface area contributed by atoms with Crippen LogP contribution in [0, 0.1) is 11.8 Å². The van der Waals surface area contributed by atoms with E-state index in [1.165, 1.54) is 19.3 Å². The largest absolute Gasteiger partial charge is 0.0625 e. The van der Waals surface area contributed by atoms with Gasteiger partial charge in [-0.2, -0.15) is 0 Å². The standard InChI is InChI=1S/C17H26/c1-12(2)13-9-10-15-14(11-13)7-6-8-16(15)17(3,4)5/h6-8,12-13H,9-11H2,1-5H3. The number of hydrogen-bond acceptors (Lipinski definition) is 0. The molecule has 0 heteroatoms. The molecule has 1 unspecified atom stereocenters. The van der Waals surface area contributed by atoms with Crippen LogP contribution in [0.2, 0.25) is 0 Å². The van der Waals surface area contributed by atoms with Crippen molar-refractivity contribution in [3.05, 3.63) is 34.9 Å². The third-order valence-electron chi connectivity index (χ3n) is 4.27. The van der Waals surface area contributed by atoms with Gasteiger partial charge in [-0.3, -0.25) is 0 Å². The molecular formula is C17H26. The van der Waals surface area contributed by atoms with Crippen LogP contribution in [0.4, 0.5) is 0 Å². The van der Waals surface area contributed by atoms with E-state index in [4.69, 9.17) is 0 Å². The molecule has 1 aliphatic carbocycles. The summed E-state index contributed by atoms with van der Waals surface area (Å²) >= 11 is 0. The molecule has 1 aromatic rings. The minimum atomic E-state index is 0.288. The monoisotopic (exact) mass is 230 g/mol. The molecule has 1 aromatic carbocycles. The van der Waals surface area contributed by atoms with Crippen LogP contribution in [-0.2, 0) is 18.3 Å². The number of fused-ring (bicyclic) bond motifs is 1. The highest BCUT2D eigenvalue weighted by molar-refractivity contribution is 5.41. The highest BCUT2D eigenvalue weighted by atomic mass is 14.3. The molecule has 2 rings (SSSR count). The van der Waals surface area contributed by atoms with E-state index in [-0.39, 0.29) is 5.41 Å². The predicted molar refractivity (Wildman–Crippen MR) is 75.5 cm³/mol. The highest BCUT2D eigenvalue weighted by Gasteiger charge is 2.26. The molecule has 94 valence electrons. The van der Waals surface area contributed by atoms with Gasteiger partial charge in [-0.15, -0.1) is 0 Å². The van der Waals surface area contributed by atoms with Crippen molar-refractivity contribution in [2.45, 2.75) is 59.3 Å². The second kappa shape index (κ2) is 4.48. The van der Waals surface area contributed by atoms with Crippen LogP contribution in [0.5, 0.6) is 0 Å². The second-order valence-electron chi connectivity index (χ2n) is 6.94. The summed E-state index contributed by atoms with van der Waals surface area (Å²) in [6, 6.07) is 6.93. The van der Waals surface area contributed by atoms with Crippen LogP contribution in [-0.4, -0.2) is 0 Å². The molecule has 0 aliphatic heterocycles. The Balaban J connectivity index is 2.36. The van der Waals surface area contributed by atoms with Crippen LogP contribution in [0.3, 0.4) is 0 Å². The summed E-state index contributed by atoms with van der Waals surface area (Å²) in [7, 11) is 0. The van der Waals surface area contributed by atoms with Crippen molar-refractivity contribution in [3.63, 3.8) is 0 Å². The van der Waals surface area contributed by atoms with Crippen LogP contribution >= 0.6 is 0 Å². The van der Waals surface area contributed by atoms with E-state index in [0.717, 1.165) is 11.8 Å². The van der Waals surface area contributed by atoms with Gasteiger partial charge in [0.2, 0.25) is 0 Å². The first-order valence-electron chi connectivity index (χ1n) is 7.01. The lowest BCUT2D eigenvalue weighted by molar-refractivity contribution is 0.341. The fourth-order valence-electron chi connectivity index (χ4n) is 3.11. The molecule has 1 aliphatic rings. The summed E-state index contributed by atoms with van der Waals surface area (Å²) in [6.45, 7) is 11.7. The Hall–Kier alpha value is -0.780. The lowest BCUT2D eigenvalue weighted by Gasteiger charge is -2.32. The molecule has 0 nitrogen and oxygen atoms in total. The lowest BCUT2D eigenvalue weighted by Crippen LogP contribution is -2.23. The van der Waals surface area contributed by atoms with Crippen molar-refractivity contribution in [3.8, 4) is 0 Å². The molecule has 0 bridgehead atoms. The van der Waals surface area contributed by atoms with Gasteiger partial charge < -0.3 is 0 Å². The van der Waals surface area contributed by atoms with Gasteiger partial charge in [-0.25, -0.2) is 0 Å². The first-order valence-corrected chi connectivity index (χ1v) is 7.01. The number of hydrogen-bond donors (Lipinski definition) is 0. The van der Waals surface area contributed by atoms with Crippen LogP contribution in [0.1, 0.15) is 57.7 Å². The van der Waals surface area contributed by atoms with Gasteiger partial charge in [0.05, 0.1) is 0 Å². The third-order valence-corrected chi connectivity index (χ3v) is 4.27.